The van der Waals surface area contributed by atoms with Gasteiger partial charge >= 0.3 is 0 Å². The molecular weight excluding hydrogens is 841 g/mol. The van der Waals surface area contributed by atoms with Crippen molar-refractivity contribution in [3.8, 4) is 23.0 Å². The molecule has 0 bridgehead atoms. The van der Waals surface area contributed by atoms with Gasteiger partial charge in [0.15, 0.2) is 34.5 Å². The Morgan fingerprint density at radius 2 is 0.554 bits per heavy atom. The van der Waals surface area contributed by atoms with Gasteiger partial charge in [-0.05, 0) is 13.8 Å². The Balaban J connectivity index is 0.867. The molecule has 0 saturated carbocycles. The lowest BCUT2D eigenvalue weighted by atomic mass is 10.1. The molecule has 0 aromatic carbocycles. The first kappa shape index (κ1) is 35.3. The Morgan fingerprint density at radius 3 is 0.893 bits per heavy atom. The Morgan fingerprint density at radius 1 is 0.304 bits per heavy atom. The number of hydrogen-bond acceptors (Lipinski definition) is 18. The van der Waals surface area contributed by atoms with Crippen LogP contribution in [-0.4, -0.2) is 111 Å². The number of ether oxygens (including phenoxy) is 12. The van der Waals surface area contributed by atoms with E-state index in [2.05, 4.69) is 13.8 Å². The minimum atomic E-state index is -0.0745. The van der Waals surface area contributed by atoms with Gasteiger partial charge in [-0.1, -0.05) is 0 Å². The van der Waals surface area contributed by atoms with Crippen molar-refractivity contribution in [2.45, 2.75) is 55.8 Å². The van der Waals surface area contributed by atoms with Crippen LogP contribution in [0.1, 0.15) is 30.0 Å². The third-order valence-corrected chi connectivity index (χ3v) is 20.2. The van der Waals surface area contributed by atoms with Crippen LogP contribution in [0.3, 0.4) is 0 Å². The maximum absolute atomic E-state index is 6.58. The molecular formula is C38H38O12S6. The van der Waals surface area contributed by atoms with Crippen molar-refractivity contribution in [2.75, 3.05) is 79.3 Å². The summed E-state index contributed by atoms with van der Waals surface area (Å²) in [5, 5.41) is -0.544. The lowest BCUT2D eigenvalue weighted by molar-refractivity contribution is 0.0447. The summed E-state index contributed by atoms with van der Waals surface area (Å²) in [7, 11) is 0. The van der Waals surface area contributed by atoms with Crippen LogP contribution < -0.4 is 18.9 Å². The van der Waals surface area contributed by atoms with Crippen molar-refractivity contribution in [3.63, 3.8) is 0 Å². The summed E-state index contributed by atoms with van der Waals surface area (Å²) in [6, 6.07) is 0. The number of thiophene rings is 2. The number of thioether (sulfide) groups is 4. The first-order valence-corrected chi connectivity index (χ1v) is 24.4. The zero-order valence-electron chi connectivity index (χ0n) is 30.5. The van der Waals surface area contributed by atoms with Crippen LogP contribution in [0.2, 0.25) is 0 Å². The van der Waals surface area contributed by atoms with E-state index in [0.717, 1.165) is 88.6 Å². The maximum Gasteiger partial charge on any atom is 0.177 e. The first-order valence-electron chi connectivity index (χ1n) is 19.0. The molecule has 298 valence electrons. The average molecular weight is 879 g/mol. The second-order valence-corrected chi connectivity index (χ2v) is 21.9. The Bertz CT molecular complexity index is 1960. The van der Waals surface area contributed by atoms with Crippen LogP contribution in [0.4, 0.5) is 0 Å². The molecule has 0 aliphatic carbocycles. The second-order valence-electron chi connectivity index (χ2n) is 14.3. The van der Waals surface area contributed by atoms with Crippen LogP contribution in [0.25, 0.3) is 0 Å². The molecule has 0 amide bonds. The van der Waals surface area contributed by atoms with Crippen molar-refractivity contribution >= 4 is 69.7 Å². The molecule has 12 heterocycles. The number of aryl methyl sites for hydroxylation is 2. The average Bonchev–Trinajstić information content (AvgIpc) is 4.10. The van der Waals surface area contributed by atoms with E-state index < -0.39 is 0 Å². The summed E-state index contributed by atoms with van der Waals surface area (Å²) in [6.07, 6.45) is 0. The van der Waals surface area contributed by atoms with Gasteiger partial charge in [-0.3, -0.25) is 0 Å². The summed E-state index contributed by atoms with van der Waals surface area (Å²) in [6.45, 7) is 10.4. The van der Waals surface area contributed by atoms with E-state index in [-0.39, 0.29) is 42.0 Å². The van der Waals surface area contributed by atoms with Gasteiger partial charge in [0.1, 0.15) is 124 Å². The number of hydrogen-bond donors (Lipinski definition) is 0. The van der Waals surface area contributed by atoms with E-state index in [0.29, 0.717) is 79.3 Å². The molecule has 0 spiro atoms. The highest BCUT2D eigenvalue weighted by Gasteiger charge is 2.59. The molecule has 10 aliphatic heterocycles. The second kappa shape index (κ2) is 14.0. The summed E-state index contributed by atoms with van der Waals surface area (Å²) < 4.78 is 76.7. The number of rotatable bonds is 5. The topological polar surface area (TPSA) is 111 Å². The van der Waals surface area contributed by atoms with Crippen LogP contribution in [0, 0.1) is 13.8 Å². The molecule has 0 saturated heterocycles. The van der Waals surface area contributed by atoms with Gasteiger partial charge < -0.3 is 56.8 Å². The minimum Gasteiger partial charge on any atom is -0.490 e. The van der Waals surface area contributed by atoms with Crippen molar-refractivity contribution < 1.29 is 56.8 Å². The lowest BCUT2D eigenvalue weighted by Gasteiger charge is -2.26. The van der Waals surface area contributed by atoms with Gasteiger partial charge in [0.2, 0.25) is 0 Å². The third-order valence-electron chi connectivity index (χ3n) is 11.0. The van der Waals surface area contributed by atoms with Crippen LogP contribution in [0.5, 0.6) is 23.0 Å². The van der Waals surface area contributed by atoms with E-state index in [9.17, 15) is 0 Å². The highest BCUT2D eigenvalue weighted by molar-refractivity contribution is 8.07. The first-order chi connectivity index (χ1) is 27.6. The minimum absolute atomic E-state index is 0.0586. The zero-order valence-corrected chi connectivity index (χ0v) is 35.4. The van der Waals surface area contributed by atoms with Gasteiger partial charge in [-0.25, -0.2) is 0 Å². The summed E-state index contributed by atoms with van der Waals surface area (Å²) >= 11 is 10.9. The predicted octanol–water partition coefficient (Wildman–Crippen LogP) is 6.98. The summed E-state index contributed by atoms with van der Waals surface area (Å²) in [5.74, 6) is 10.5. The van der Waals surface area contributed by atoms with Crippen molar-refractivity contribution in [2.24, 2.45) is 0 Å². The zero-order chi connectivity index (χ0) is 37.1. The molecule has 0 radical (unpaired) electrons. The standard InChI is InChI=1S/C38H38O12S6/c1-15-17-19(41-5-3-39-17)29(51-15)31-21-23(45-9-7-43-21)33(53-31)35-25-27(49-13-11-47-25)37(55-35)38-28-26(48-12-14-50-28)36(56-38)34-24-22(44-8-10-46-24)32(54-34)30-20-18(16(2)52-30)40-4-6-42-20/h31-38H,3-14H2,1-2H3. The quantitative estimate of drug-likeness (QED) is 0.308. The highest BCUT2D eigenvalue weighted by Crippen LogP contribution is 2.65. The molecule has 10 aliphatic rings. The van der Waals surface area contributed by atoms with Crippen molar-refractivity contribution in [1.82, 2.24) is 0 Å². The van der Waals surface area contributed by atoms with E-state index in [1.807, 2.05) is 47.0 Å². The molecule has 56 heavy (non-hydrogen) atoms. The molecule has 2 aromatic heterocycles. The normalized spacial score (nSPS) is 33.8. The largest absolute Gasteiger partial charge is 0.490 e. The maximum atomic E-state index is 6.58. The molecule has 12 nitrogen and oxygen atoms in total. The molecule has 2 aromatic rings. The smallest absolute Gasteiger partial charge is 0.177 e. The molecule has 12 rings (SSSR count). The Kier molecular flexibility index (Phi) is 8.82. The van der Waals surface area contributed by atoms with Gasteiger partial charge in [0.05, 0.1) is 41.3 Å². The van der Waals surface area contributed by atoms with Gasteiger partial charge in [0.25, 0.3) is 0 Å². The molecule has 0 N–H and O–H groups in total. The summed E-state index contributed by atoms with van der Waals surface area (Å²) in [5.41, 5.74) is 0. The van der Waals surface area contributed by atoms with E-state index >= 15 is 0 Å². The van der Waals surface area contributed by atoms with Crippen molar-refractivity contribution in [3.05, 3.63) is 65.6 Å². The van der Waals surface area contributed by atoms with E-state index in [1.165, 1.54) is 0 Å². The SMILES string of the molecule is Cc1sc(C2SC(C3SC(C4SC(C5SC(c6sc(C)c7c6OCCO7)C6=C5OCCO6)C5=C4OCCO5)C4=C3OCCO4)C3=C2OCCO3)c2c1OCCO2. The van der Waals surface area contributed by atoms with Crippen LogP contribution in [-0.2, 0) is 37.9 Å². The van der Waals surface area contributed by atoms with E-state index in [1.54, 1.807) is 22.7 Å². The molecule has 8 unspecified atom stereocenters. The predicted molar refractivity (Wildman–Crippen MR) is 214 cm³/mol. The molecule has 18 heteroatoms. The highest BCUT2D eigenvalue weighted by atomic mass is 32.2. The van der Waals surface area contributed by atoms with E-state index in [4.69, 9.17) is 56.8 Å². The van der Waals surface area contributed by atoms with Gasteiger partial charge in [0, 0.05) is 9.75 Å². The van der Waals surface area contributed by atoms with Gasteiger partial charge in [-0.2, -0.15) is 0 Å². The fourth-order valence-electron chi connectivity index (χ4n) is 8.83. The number of fused-ring (bicyclic) bond motifs is 2. The van der Waals surface area contributed by atoms with Gasteiger partial charge in [-0.15, -0.1) is 69.7 Å². The Labute approximate surface area is 348 Å². The van der Waals surface area contributed by atoms with Crippen LogP contribution in [0.15, 0.2) is 46.1 Å². The summed E-state index contributed by atoms with van der Waals surface area (Å²) in [4.78, 5) is 4.45. The lowest BCUT2D eigenvalue weighted by Crippen LogP contribution is -2.27. The molecule has 8 atom stereocenters. The fourth-order valence-corrected chi connectivity index (χ4v) is 18.4. The Hall–Kier alpha value is -2.64. The molecule has 0 fully saturated rings. The third kappa shape index (κ3) is 5.40. The monoisotopic (exact) mass is 878 g/mol. The van der Waals surface area contributed by atoms with Crippen LogP contribution >= 0.6 is 69.7 Å². The fraction of sp³-hybridized carbons (Fsp3) is 0.579. The van der Waals surface area contributed by atoms with Crippen molar-refractivity contribution in [1.29, 1.82) is 0 Å².